The second-order valence-electron chi connectivity index (χ2n) is 4.14. The van der Waals surface area contributed by atoms with Gasteiger partial charge in [-0.15, -0.1) is 0 Å². The molecule has 0 saturated heterocycles. The third-order valence-corrected chi connectivity index (χ3v) is 3.47. The lowest BCUT2D eigenvalue weighted by atomic mass is 10.2. The van der Waals surface area contributed by atoms with E-state index in [0.29, 0.717) is 12.3 Å². The average Bonchev–Trinajstić information content (AvgIpc) is 2.85. The molecule has 0 fully saturated rings. The molecule has 1 aromatic heterocycles. The summed E-state index contributed by atoms with van der Waals surface area (Å²) in [5, 5.41) is 4.26. The van der Waals surface area contributed by atoms with Crippen molar-refractivity contribution in [3.63, 3.8) is 0 Å². The van der Waals surface area contributed by atoms with Gasteiger partial charge in [0, 0.05) is 25.3 Å². The number of benzene rings is 1. The Balaban J connectivity index is 2.14. The van der Waals surface area contributed by atoms with Crippen LogP contribution in [-0.2, 0) is 6.54 Å². The summed E-state index contributed by atoms with van der Waals surface area (Å²) < 4.78 is 5.51. The van der Waals surface area contributed by atoms with Crippen molar-refractivity contribution in [2.45, 2.75) is 13.5 Å². The van der Waals surface area contributed by atoms with Crippen LogP contribution in [0.5, 0.6) is 5.75 Å². The maximum atomic E-state index is 5.87. The molecule has 0 aliphatic heterocycles. The summed E-state index contributed by atoms with van der Waals surface area (Å²) in [5.41, 5.74) is 8.98. The Bertz CT molecular complexity index is 497. The molecular formula is C14H18N2OS. The SMILES string of the molecule is CCOc1cc(N(C)Cc2ccsc2)ccc1N. The summed E-state index contributed by atoms with van der Waals surface area (Å²) in [6.07, 6.45) is 0. The van der Waals surface area contributed by atoms with Crippen LogP contribution >= 0.6 is 11.3 Å². The first-order valence-electron chi connectivity index (χ1n) is 5.95. The predicted molar refractivity (Wildman–Crippen MR) is 78.4 cm³/mol. The Morgan fingerprint density at radius 3 is 2.83 bits per heavy atom. The van der Waals surface area contributed by atoms with Gasteiger partial charge in [0.1, 0.15) is 5.75 Å². The fraction of sp³-hybridized carbons (Fsp3) is 0.286. The van der Waals surface area contributed by atoms with Gasteiger partial charge in [-0.2, -0.15) is 11.3 Å². The van der Waals surface area contributed by atoms with Gasteiger partial charge >= 0.3 is 0 Å². The highest BCUT2D eigenvalue weighted by Gasteiger charge is 2.06. The number of thiophene rings is 1. The van der Waals surface area contributed by atoms with Gasteiger partial charge in [0.2, 0.25) is 0 Å². The molecule has 1 aromatic carbocycles. The van der Waals surface area contributed by atoms with E-state index in [9.17, 15) is 0 Å². The van der Waals surface area contributed by atoms with Gasteiger partial charge in [-0.1, -0.05) is 0 Å². The van der Waals surface area contributed by atoms with Gasteiger partial charge < -0.3 is 15.4 Å². The third kappa shape index (κ3) is 2.96. The minimum atomic E-state index is 0.627. The second kappa shape index (κ2) is 5.78. The number of nitrogen functional groups attached to an aromatic ring is 1. The molecule has 0 atom stereocenters. The molecule has 18 heavy (non-hydrogen) atoms. The Kier molecular flexibility index (Phi) is 4.10. The van der Waals surface area contributed by atoms with Crippen molar-refractivity contribution in [1.82, 2.24) is 0 Å². The highest BCUT2D eigenvalue weighted by Crippen LogP contribution is 2.28. The van der Waals surface area contributed by atoms with Crippen LogP contribution in [0.4, 0.5) is 11.4 Å². The van der Waals surface area contributed by atoms with Crippen LogP contribution in [0, 0.1) is 0 Å². The first-order valence-corrected chi connectivity index (χ1v) is 6.89. The number of ether oxygens (including phenoxy) is 1. The van der Waals surface area contributed by atoms with E-state index in [1.807, 2.05) is 25.1 Å². The summed E-state index contributed by atoms with van der Waals surface area (Å²) in [6.45, 7) is 3.47. The number of nitrogens with two attached hydrogens (primary N) is 1. The van der Waals surface area contributed by atoms with Crippen molar-refractivity contribution in [2.24, 2.45) is 0 Å². The van der Waals surface area contributed by atoms with E-state index in [-0.39, 0.29) is 0 Å². The van der Waals surface area contributed by atoms with Gasteiger partial charge in [-0.3, -0.25) is 0 Å². The molecule has 0 aliphatic carbocycles. The molecule has 0 unspecified atom stereocenters. The van der Waals surface area contributed by atoms with Gasteiger partial charge in [-0.25, -0.2) is 0 Å². The van der Waals surface area contributed by atoms with E-state index < -0.39 is 0 Å². The molecule has 1 heterocycles. The van der Waals surface area contributed by atoms with Crippen LogP contribution in [0.2, 0.25) is 0 Å². The van der Waals surface area contributed by atoms with Gasteiger partial charge in [0.25, 0.3) is 0 Å². The fourth-order valence-electron chi connectivity index (χ4n) is 1.79. The van der Waals surface area contributed by atoms with E-state index in [1.165, 1.54) is 5.56 Å². The summed E-state index contributed by atoms with van der Waals surface area (Å²) in [7, 11) is 2.07. The number of nitrogens with zero attached hydrogens (tertiary/aromatic N) is 1. The highest BCUT2D eigenvalue weighted by molar-refractivity contribution is 7.07. The maximum absolute atomic E-state index is 5.87. The lowest BCUT2D eigenvalue weighted by Gasteiger charge is -2.20. The molecule has 2 rings (SSSR count). The number of hydrogen-bond acceptors (Lipinski definition) is 4. The van der Waals surface area contributed by atoms with E-state index in [4.69, 9.17) is 10.5 Å². The van der Waals surface area contributed by atoms with Crippen LogP contribution in [0.25, 0.3) is 0 Å². The van der Waals surface area contributed by atoms with E-state index in [0.717, 1.165) is 18.0 Å². The molecule has 0 saturated carbocycles. The molecule has 0 radical (unpaired) electrons. The van der Waals surface area contributed by atoms with Crippen LogP contribution in [-0.4, -0.2) is 13.7 Å². The van der Waals surface area contributed by atoms with Crippen molar-refractivity contribution < 1.29 is 4.74 Å². The quantitative estimate of drug-likeness (QED) is 0.840. The lowest BCUT2D eigenvalue weighted by Crippen LogP contribution is -2.16. The van der Waals surface area contributed by atoms with Crippen LogP contribution in [0.1, 0.15) is 12.5 Å². The normalized spacial score (nSPS) is 10.3. The van der Waals surface area contributed by atoms with Crippen molar-refractivity contribution in [2.75, 3.05) is 24.3 Å². The molecule has 2 aromatic rings. The molecule has 96 valence electrons. The summed E-state index contributed by atoms with van der Waals surface area (Å²) in [6, 6.07) is 8.04. The molecule has 0 spiro atoms. The molecule has 4 heteroatoms. The zero-order chi connectivity index (χ0) is 13.0. The molecule has 0 amide bonds. The smallest absolute Gasteiger partial charge is 0.144 e. The molecule has 0 bridgehead atoms. The van der Waals surface area contributed by atoms with E-state index in [1.54, 1.807) is 11.3 Å². The number of rotatable bonds is 5. The summed E-state index contributed by atoms with van der Waals surface area (Å²) in [4.78, 5) is 2.18. The standard InChI is InChI=1S/C14H18N2OS/c1-3-17-14-8-12(4-5-13(14)15)16(2)9-11-6-7-18-10-11/h4-8,10H,3,9,15H2,1-2H3. The first kappa shape index (κ1) is 12.8. The van der Waals surface area contributed by atoms with Crippen LogP contribution < -0.4 is 15.4 Å². The maximum Gasteiger partial charge on any atom is 0.144 e. The van der Waals surface area contributed by atoms with Crippen LogP contribution in [0.3, 0.4) is 0 Å². The van der Waals surface area contributed by atoms with E-state index >= 15 is 0 Å². The number of hydrogen-bond donors (Lipinski definition) is 1. The first-order chi connectivity index (χ1) is 8.70. The topological polar surface area (TPSA) is 38.5 Å². The fourth-order valence-corrected chi connectivity index (χ4v) is 2.45. The van der Waals surface area contributed by atoms with Crippen molar-refractivity contribution in [1.29, 1.82) is 0 Å². The monoisotopic (exact) mass is 262 g/mol. The molecular weight excluding hydrogens is 244 g/mol. The largest absolute Gasteiger partial charge is 0.492 e. The predicted octanol–water partition coefficient (Wildman–Crippen LogP) is 3.37. The Labute approximate surface area is 112 Å². The van der Waals surface area contributed by atoms with Crippen molar-refractivity contribution in [3.8, 4) is 5.75 Å². The van der Waals surface area contributed by atoms with Crippen LogP contribution in [0.15, 0.2) is 35.0 Å². The lowest BCUT2D eigenvalue weighted by molar-refractivity contribution is 0.342. The molecule has 3 nitrogen and oxygen atoms in total. The average molecular weight is 262 g/mol. The number of anilines is 2. The zero-order valence-corrected chi connectivity index (χ0v) is 11.5. The Morgan fingerprint density at radius 1 is 1.33 bits per heavy atom. The highest BCUT2D eigenvalue weighted by atomic mass is 32.1. The Hall–Kier alpha value is -1.68. The summed E-state index contributed by atoms with van der Waals surface area (Å²) in [5.74, 6) is 0.757. The second-order valence-corrected chi connectivity index (χ2v) is 4.92. The minimum absolute atomic E-state index is 0.627. The van der Waals surface area contributed by atoms with Crippen molar-refractivity contribution in [3.05, 3.63) is 40.6 Å². The van der Waals surface area contributed by atoms with Gasteiger partial charge in [0.15, 0.2) is 0 Å². The van der Waals surface area contributed by atoms with Gasteiger partial charge in [-0.05, 0) is 41.4 Å². The molecule has 2 N–H and O–H groups in total. The Morgan fingerprint density at radius 2 is 2.17 bits per heavy atom. The van der Waals surface area contributed by atoms with E-state index in [2.05, 4.69) is 28.8 Å². The zero-order valence-electron chi connectivity index (χ0n) is 10.7. The summed E-state index contributed by atoms with van der Waals surface area (Å²) >= 11 is 1.72. The molecule has 0 aliphatic rings. The third-order valence-electron chi connectivity index (χ3n) is 2.74. The van der Waals surface area contributed by atoms with Gasteiger partial charge in [0.05, 0.1) is 12.3 Å². The van der Waals surface area contributed by atoms with Crippen molar-refractivity contribution >= 4 is 22.7 Å². The minimum Gasteiger partial charge on any atom is -0.492 e.